The van der Waals surface area contributed by atoms with Crippen LogP contribution in [0.1, 0.15) is 17.7 Å². The summed E-state index contributed by atoms with van der Waals surface area (Å²) >= 11 is 1.81. The van der Waals surface area contributed by atoms with Gasteiger partial charge in [0.15, 0.2) is 0 Å². The molecule has 0 atom stereocenters. The number of halogens is 3. The van der Waals surface area contributed by atoms with Crippen molar-refractivity contribution >= 4 is 22.6 Å². The average Bonchev–Trinajstić information content (AvgIpc) is 1.85. The van der Waals surface area contributed by atoms with E-state index in [1.54, 1.807) is 13.0 Å². The minimum absolute atomic E-state index is 0.0104. The molecule has 0 aromatic carbocycles. The van der Waals surface area contributed by atoms with Crippen LogP contribution < -0.4 is 0 Å². The second-order valence-corrected chi connectivity index (χ2v) is 3.16. The van der Waals surface area contributed by atoms with Crippen LogP contribution in [0, 0.1) is 10.6 Å². The summed E-state index contributed by atoms with van der Waals surface area (Å²) in [6, 6.07) is 3.00. The largest absolute Gasteiger partial charge is 0.266 e. The van der Waals surface area contributed by atoms with E-state index in [1.807, 2.05) is 22.6 Å². The number of hydrogen-bond acceptors (Lipinski definition) is 1. The molecule has 0 fully saturated rings. The zero-order chi connectivity index (χ0) is 8.43. The summed E-state index contributed by atoms with van der Waals surface area (Å²) in [4.78, 5) is 3.90. The molecule has 0 unspecified atom stereocenters. The molecule has 1 rings (SSSR count). The van der Waals surface area contributed by atoms with Gasteiger partial charge in [0.25, 0.3) is 6.43 Å². The van der Waals surface area contributed by atoms with Crippen molar-refractivity contribution in [2.24, 2.45) is 0 Å². The van der Waals surface area contributed by atoms with Gasteiger partial charge >= 0.3 is 0 Å². The normalized spacial score (nSPS) is 10.6. The predicted octanol–water partition coefficient (Wildman–Crippen LogP) is 2.93. The van der Waals surface area contributed by atoms with Gasteiger partial charge in [0.05, 0.1) is 0 Å². The van der Waals surface area contributed by atoms with Crippen LogP contribution in [0.5, 0.6) is 0 Å². The molecule has 1 heterocycles. The summed E-state index contributed by atoms with van der Waals surface area (Å²) in [5, 5.41) is 0. The van der Waals surface area contributed by atoms with Gasteiger partial charge in [-0.3, -0.25) is 0 Å². The van der Waals surface area contributed by atoms with Crippen LogP contribution in [-0.4, -0.2) is 4.98 Å². The maximum absolute atomic E-state index is 12.1. The molecule has 0 N–H and O–H groups in total. The first-order valence-electron chi connectivity index (χ1n) is 3.02. The lowest BCUT2D eigenvalue weighted by molar-refractivity contribution is 0.150. The Morgan fingerprint density at radius 2 is 2.09 bits per heavy atom. The Hall–Kier alpha value is -0.260. The van der Waals surface area contributed by atoms with E-state index in [0.29, 0.717) is 3.70 Å². The van der Waals surface area contributed by atoms with Crippen molar-refractivity contribution < 1.29 is 8.78 Å². The summed E-state index contributed by atoms with van der Waals surface area (Å²) in [6.45, 7) is 1.78. The van der Waals surface area contributed by atoms with Crippen LogP contribution in [0.25, 0.3) is 0 Å². The SMILES string of the molecule is Cc1ccc(C(F)F)c(I)n1. The summed E-state index contributed by atoms with van der Waals surface area (Å²) in [5.41, 5.74) is 0.773. The third-order valence-corrected chi connectivity index (χ3v) is 2.12. The van der Waals surface area contributed by atoms with Crippen molar-refractivity contribution in [2.45, 2.75) is 13.3 Å². The topological polar surface area (TPSA) is 12.9 Å². The molecule has 0 amide bonds. The molecule has 4 heteroatoms. The molecule has 11 heavy (non-hydrogen) atoms. The lowest BCUT2D eigenvalue weighted by Crippen LogP contribution is -1.93. The van der Waals surface area contributed by atoms with Crippen molar-refractivity contribution in [1.29, 1.82) is 0 Å². The summed E-state index contributed by atoms with van der Waals surface area (Å²) in [5.74, 6) is 0. The fraction of sp³-hybridized carbons (Fsp3) is 0.286. The molecular weight excluding hydrogens is 263 g/mol. The van der Waals surface area contributed by atoms with Gasteiger partial charge in [0.1, 0.15) is 3.70 Å². The van der Waals surface area contributed by atoms with E-state index < -0.39 is 6.43 Å². The molecule has 1 nitrogen and oxygen atoms in total. The van der Waals surface area contributed by atoms with E-state index in [-0.39, 0.29) is 5.56 Å². The molecular formula is C7H6F2IN. The summed E-state index contributed by atoms with van der Waals surface area (Å²) in [6.07, 6.45) is -2.42. The first kappa shape index (κ1) is 8.83. The Morgan fingerprint density at radius 1 is 1.45 bits per heavy atom. The number of hydrogen-bond donors (Lipinski definition) is 0. The monoisotopic (exact) mass is 269 g/mol. The smallest absolute Gasteiger partial charge is 0.247 e. The highest BCUT2D eigenvalue weighted by molar-refractivity contribution is 14.1. The second-order valence-electron chi connectivity index (χ2n) is 2.13. The molecule has 1 aromatic heterocycles. The van der Waals surface area contributed by atoms with E-state index in [0.717, 1.165) is 5.69 Å². The van der Waals surface area contributed by atoms with E-state index >= 15 is 0 Å². The second kappa shape index (κ2) is 3.42. The number of alkyl halides is 2. The molecule has 60 valence electrons. The Balaban J connectivity index is 3.09. The van der Waals surface area contributed by atoms with Gasteiger partial charge in [-0.2, -0.15) is 0 Å². The quantitative estimate of drug-likeness (QED) is 0.564. The lowest BCUT2D eigenvalue weighted by Gasteiger charge is -2.01. The number of aryl methyl sites for hydroxylation is 1. The maximum Gasteiger partial charge on any atom is 0.266 e. The molecule has 0 aliphatic carbocycles. The van der Waals surface area contributed by atoms with Gasteiger partial charge in [-0.15, -0.1) is 0 Å². The third kappa shape index (κ3) is 2.08. The van der Waals surface area contributed by atoms with Gasteiger partial charge < -0.3 is 0 Å². The molecule has 0 aliphatic rings. The van der Waals surface area contributed by atoms with Crippen molar-refractivity contribution in [2.75, 3.05) is 0 Å². The van der Waals surface area contributed by atoms with Crippen LogP contribution in [-0.2, 0) is 0 Å². The Labute approximate surface area is 77.0 Å². The number of pyridine rings is 1. The Kier molecular flexibility index (Phi) is 2.75. The lowest BCUT2D eigenvalue weighted by atomic mass is 10.3. The van der Waals surface area contributed by atoms with Crippen LogP contribution in [0.15, 0.2) is 12.1 Å². The number of aromatic nitrogens is 1. The van der Waals surface area contributed by atoms with Crippen molar-refractivity contribution in [3.8, 4) is 0 Å². The summed E-state index contributed by atoms with van der Waals surface area (Å²) < 4.78 is 24.6. The molecule has 0 saturated heterocycles. The van der Waals surface area contributed by atoms with E-state index in [1.165, 1.54) is 6.07 Å². The number of rotatable bonds is 1. The van der Waals surface area contributed by atoms with Crippen molar-refractivity contribution in [3.63, 3.8) is 0 Å². The van der Waals surface area contributed by atoms with Gasteiger partial charge in [0, 0.05) is 11.3 Å². The average molecular weight is 269 g/mol. The van der Waals surface area contributed by atoms with Crippen molar-refractivity contribution in [1.82, 2.24) is 4.98 Å². The highest BCUT2D eigenvalue weighted by atomic mass is 127. The zero-order valence-corrected chi connectivity index (χ0v) is 7.97. The zero-order valence-electron chi connectivity index (χ0n) is 5.81. The summed E-state index contributed by atoms with van der Waals surface area (Å²) in [7, 11) is 0. The first-order chi connectivity index (χ1) is 5.11. The van der Waals surface area contributed by atoms with Crippen LogP contribution in [0.2, 0.25) is 0 Å². The van der Waals surface area contributed by atoms with Crippen LogP contribution in [0.3, 0.4) is 0 Å². The Morgan fingerprint density at radius 3 is 2.55 bits per heavy atom. The molecule has 0 bridgehead atoms. The van der Waals surface area contributed by atoms with Gasteiger partial charge in [-0.1, -0.05) is 0 Å². The first-order valence-corrected chi connectivity index (χ1v) is 4.10. The molecule has 0 aliphatic heterocycles. The highest BCUT2D eigenvalue weighted by Gasteiger charge is 2.11. The Bertz CT molecular complexity index is 263. The van der Waals surface area contributed by atoms with Gasteiger partial charge in [0.2, 0.25) is 0 Å². The third-order valence-electron chi connectivity index (χ3n) is 1.25. The number of nitrogens with zero attached hydrogens (tertiary/aromatic N) is 1. The van der Waals surface area contributed by atoms with E-state index in [4.69, 9.17) is 0 Å². The maximum atomic E-state index is 12.1. The van der Waals surface area contributed by atoms with Gasteiger partial charge in [-0.05, 0) is 41.6 Å². The fourth-order valence-electron chi connectivity index (χ4n) is 0.699. The van der Waals surface area contributed by atoms with E-state index in [9.17, 15) is 8.78 Å². The standard InChI is InChI=1S/C7H6F2IN/c1-4-2-3-5(6(8)9)7(10)11-4/h2-3,6H,1H3. The minimum Gasteiger partial charge on any atom is -0.247 e. The van der Waals surface area contributed by atoms with Crippen LogP contribution in [0.4, 0.5) is 8.78 Å². The molecule has 1 aromatic rings. The van der Waals surface area contributed by atoms with Gasteiger partial charge in [-0.25, -0.2) is 13.8 Å². The molecule has 0 radical (unpaired) electrons. The minimum atomic E-state index is -2.42. The highest BCUT2D eigenvalue weighted by Crippen LogP contribution is 2.22. The molecule has 0 saturated carbocycles. The molecule has 0 spiro atoms. The fourth-order valence-corrected chi connectivity index (χ4v) is 1.49. The van der Waals surface area contributed by atoms with Crippen LogP contribution >= 0.6 is 22.6 Å². The predicted molar refractivity (Wildman–Crippen MR) is 46.6 cm³/mol. The van der Waals surface area contributed by atoms with E-state index in [2.05, 4.69) is 4.98 Å². The van der Waals surface area contributed by atoms with Crippen molar-refractivity contribution in [3.05, 3.63) is 27.1 Å².